The molecule has 4 atom stereocenters. The van der Waals surface area contributed by atoms with Crippen molar-refractivity contribution in [2.24, 2.45) is 17.6 Å². The van der Waals surface area contributed by atoms with E-state index in [-0.39, 0.29) is 6.29 Å². The molecule has 3 aliphatic rings. The maximum atomic E-state index is 14.3. The fraction of sp³-hybridized carbons (Fsp3) is 1.00. The van der Waals surface area contributed by atoms with Crippen LogP contribution in [0, 0.1) is 11.8 Å². The van der Waals surface area contributed by atoms with Gasteiger partial charge in [-0.2, -0.15) is 0 Å². The normalized spacial score (nSPS) is 33.4. The summed E-state index contributed by atoms with van der Waals surface area (Å²) in [5, 5.41) is 13.2. The van der Waals surface area contributed by atoms with Crippen molar-refractivity contribution >= 4 is 0 Å². The molecule has 5 nitrogen and oxygen atoms in total. The van der Waals surface area contributed by atoms with Crippen molar-refractivity contribution in [3.05, 3.63) is 0 Å². The van der Waals surface area contributed by atoms with E-state index >= 15 is 0 Å². The SMILES string of the molecule is CC(C)(F)C1NC(N)NC(NC(CCCC2CCCCC2)C2CC2)N1. The third kappa shape index (κ3) is 6.14. The Bertz CT molecular complexity index is 403. The highest BCUT2D eigenvalue weighted by atomic mass is 19.1. The number of rotatable bonds is 8. The lowest BCUT2D eigenvalue weighted by Crippen LogP contribution is -2.77. The average Bonchev–Trinajstić information content (AvgIpc) is 3.38. The molecule has 0 aromatic rings. The van der Waals surface area contributed by atoms with Crippen molar-refractivity contribution < 1.29 is 4.39 Å². The van der Waals surface area contributed by atoms with Gasteiger partial charge in [0.1, 0.15) is 18.2 Å². The van der Waals surface area contributed by atoms with Crippen LogP contribution in [0.15, 0.2) is 0 Å². The molecule has 6 heteroatoms. The molecular formula is C19H38FN5. The third-order valence-corrected chi connectivity index (χ3v) is 6.14. The number of hydrogen-bond acceptors (Lipinski definition) is 5. The Morgan fingerprint density at radius 3 is 2.44 bits per heavy atom. The average molecular weight is 356 g/mol. The van der Waals surface area contributed by atoms with Gasteiger partial charge in [-0.25, -0.2) is 4.39 Å². The maximum absolute atomic E-state index is 14.3. The molecule has 3 fully saturated rings. The van der Waals surface area contributed by atoms with Crippen molar-refractivity contribution in [2.45, 2.75) is 109 Å². The minimum Gasteiger partial charge on any atom is -0.303 e. The van der Waals surface area contributed by atoms with Gasteiger partial charge in [0.15, 0.2) is 0 Å². The van der Waals surface area contributed by atoms with Crippen LogP contribution in [0.25, 0.3) is 0 Å². The Balaban J connectivity index is 1.46. The number of nitrogens with two attached hydrogens (primary N) is 1. The summed E-state index contributed by atoms with van der Waals surface area (Å²) in [5.74, 6) is 1.73. The molecule has 3 rings (SSSR count). The van der Waals surface area contributed by atoms with Crippen LogP contribution in [0.3, 0.4) is 0 Å². The predicted molar refractivity (Wildman–Crippen MR) is 100 cm³/mol. The lowest BCUT2D eigenvalue weighted by Gasteiger charge is -2.42. The van der Waals surface area contributed by atoms with Gasteiger partial charge >= 0.3 is 0 Å². The molecule has 6 N–H and O–H groups in total. The number of nitrogens with one attached hydrogen (secondary N) is 4. The minimum atomic E-state index is -1.37. The summed E-state index contributed by atoms with van der Waals surface area (Å²) < 4.78 is 14.3. The van der Waals surface area contributed by atoms with Crippen molar-refractivity contribution in [1.29, 1.82) is 0 Å². The first-order chi connectivity index (χ1) is 11.9. The van der Waals surface area contributed by atoms with Gasteiger partial charge in [-0.05, 0) is 44.9 Å². The molecule has 0 amide bonds. The van der Waals surface area contributed by atoms with Gasteiger partial charge in [0.05, 0.1) is 6.17 Å². The molecule has 0 bridgehead atoms. The van der Waals surface area contributed by atoms with Gasteiger partial charge in [-0.1, -0.05) is 44.9 Å². The molecule has 1 heterocycles. The summed E-state index contributed by atoms with van der Waals surface area (Å²) >= 11 is 0. The summed E-state index contributed by atoms with van der Waals surface area (Å²) in [6.07, 6.45) is 12.7. The zero-order valence-electron chi connectivity index (χ0n) is 16.0. The van der Waals surface area contributed by atoms with Crippen LogP contribution in [0.4, 0.5) is 4.39 Å². The Morgan fingerprint density at radius 1 is 1.08 bits per heavy atom. The predicted octanol–water partition coefficient (Wildman–Crippen LogP) is 2.49. The summed E-state index contributed by atoms with van der Waals surface area (Å²) in [7, 11) is 0. The molecule has 0 aromatic carbocycles. The van der Waals surface area contributed by atoms with Crippen LogP contribution >= 0.6 is 0 Å². The zero-order chi connectivity index (χ0) is 17.9. The maximum Gasteiger partial charge on any atom is 0.133 e. The highest BCUT2D eigenvalue weighted by molar-refractivity contribution is 4.93. The van der Waals surface area contributed by atoms with Gasteiger partial charge in [0.25, 0.3) is 0 Å². The second-order valence-electron chi connectivity index (χ2n) is 8.95. The van der Waals surface area contributed by atoms with Crippen LogP contribution in [0.1, 0.15) is 78.1 Å². The molecule has 146 valence electrons. The fourth-order valence-corrected chi connectivity index (χ4v) is 4.43. The Hall–Kier alpha value is -0.270. The first-order valence-corrected chi connectivity index (χ1v) is 10.4. The van der Waals surface area contributed by atoms with Gasteiger partial charge in [-0.15, -0.1) is 0 Å². The first-order valence-electron chi connectivity index (χ1n) is 10.4. The second kappa shape index (κ2) is 8.61. The second-order valence-corrected chi connectivity index (χ2v) is 8.95. The molecular weight excluding hydrogens is 317 g/mol. The van der Waals surface area contributed by atoms with E-state index in [2.05, 4.69) is 21.3 Å². The van der Waals surface area contributed by atoms with Crippen LogP contribution in [0.5, 0.6) is 0 Å². The van der Waals surface area contributed by atoms with Crippen LogP contribution in [-0.4, -0.2) is 30.5 Å². The van der Waals surface area contributed by atoms with Crippen molar-refractivity contribution in [2.75, 3.05) is 0 Å². The third-order valence-electron chi connectivity index (χ3n) is 6.14. The lowest BCUT2D eigenvalue weighted by molar-refractivity contribution is 0.0542. The van der Waals surface area contributed by atoms with E-state index in [0.29, 0.717) is 6.04 Å². The lowest BCUT2D eigenvalue weighted by atomic mass is 9.85. The van der Waals surface area contributed by atoms with Crippen molar-refractivity contribution in [3.63, 3.8) is 0 Å². The van der Waals surface area contributed by atoms with Gasteiger partial charge in [0.2, 0.25) is 0 Å². The van der Waals surface area contributed by atoms with E-state index in [1.54, 1.807) is 13.8 Å². The van der Waals surface area contributed by atoms with E-state index in [1.807, 2.05) is 0 Å². The molecule has 0 radical (unpaired) electrons. The quantitative estimate of drug-likeness (QED) is 0.463. The largest absolute Gasteiger partial charge is 0.303 e. The molecule has 1 saturated heterocycles. The summed E-state index contributed by atoms with van der Waals surface area (Å²) in [6.45, 7) is 3.16. The fourth-order valence-electron chi connectivity index (χ4n) is 4.43. The van der Waals surface area contributed by atoms with Crippen LogP contribution in [-0.2, 0) is 0 Å². The van der Waals surface area contributed by atoms with E-state index in [9.17, 15) is 4.39 Å². The monoisotopic (exact) mass is 355 g/mol. The van der Waals surface area contributed by atoms with Gasteiger partial charge < -0.3 is 5.73 Å². The Kier molecular flexibility index (Phi) is 6.71. The van der Waals surface area contributed by atoms with E-state index in [1.165, 1.54) is 64.2 Å². The Morgan fingerprint density at radius 2 is 1.80 bits per heavy atom. The molecule has 25 heavy (non-hydrogen) atoms. The minimum absolute atomic E-state index is 0.142. The van der Waals surface area contributed by atoms with Gasteiger partial charge in [-0.3, -0.25) is 21.3 Å². The smallest absolute Gasteiger partial charge is 0.133 e. The van der Waals surface area contributed by atoms with Crippen LogP contribution in [0.2, 0.25) is 0 Å². The summed E-state index contributed by atoms with van der Waals surface area (Å²) in [4.78, 5) is 0. The highest BCUT2D eigenvalue weighted by Gasteiger charge is 2.38. The van der Waals surface area contributed by atoms with E-state index in [0.717, 1.165) is 11.8 Å². The van der Waals surface area contributed by atoms with E-state index < -0.39 is 18.1 Å². The summed E-state index contributed by atoms with van der Waals surface area (Å²) in [6, 6.07) is 0.502. The Labute approximate surface area is 152 Å². The molecule has 2 aliphatic carbocycles. The number of alkyl halides is 1. The van der Waals surface area contributed by atoms with Gasteiger partial charge in [0, 0.05) is 6.04 Å². The number of halogens is 1. The first kappa shape index (κ1) is 19.5. The molecule has 2 saturated carbocycles. The highest BCUT2D eigenvalue weighted by Crippen LogP contribution is 2.36. The van der Waals surface area contributed by atoms with Crippen molar-refractivity contribution in [3.8, 4) is 0 Å². The molecule has 4 unspecified atom stereocenters. The van der Waals surface area contributed by atoms with Crippen molar-refractivity contribution in [1.82, 2.24) is 21.3 Å². The van der Waals surface area contributed by atoms with E-state index in [4.69, 9.17) is 5.73 Å². The summed E-state index contributed by atoms with van der Waals surface area (Å²) in [5.41, 5.74) is 4.64. The van der Waals surface area contributed by atoms with Crippen LogP contribution < -0.4 is 27.0 Å². The zero-order valence-corrected chi connectivity index (χ0v) is 16.0. The molecule has 0 spiro atoms. The topological polar surface area (TPSA) is 74.1 Å². The standard InChI is InChI=1S/C19H38FN5/c1-19(2,20)16-23-17(21)25-18(24-16)22-15(14-11-12-14)10-6-9-13-7-4-3-5-8-13/h13-18,22-25H,3-12,21H2,1-2H3. The number of hydrogen-bond donors (Lipinski definition) is 5. The molecule has 1 aliphatic heterocycles. The molecule has 0 aromatic heterocycles.